The molecule has 0 unspecified atom stereocenters. The van der Waals surface area contributed by atoms with Gasteiger partial charge in [-0.1, -0.05) is 109 Å². The fourth-order valence-electron chi connectivity index (χ4n) is 8.76. The van der Waals surface area contributed by atoms with E-state index in [0.29, 0.717) is 11.3 Å². The maximum Gasteiger partial charge on any atom is 0.196 e. The van der Waals surface area contributed by atoms with Gasteiger partial charge >= 0.3 is 0 Å². The van der Waals surface area contributed by atoms with Crippen LogP contribution in [-0.2, 0) is 0 Å². The van der Waals surface area contributed by atoms with Crippen molar-refractivity contribution < 1.29 is 0 Å². The molecule has 11 rings (SSSR count). The second-order valence-corrected chi connectivity index (χ2v) is 14.0. The normalized spacial score (nSPS) is 11.6. The van der Waals surface area contributed by atoms with E-state index in [1.54, 1.807) is 0 Å². The van der Waals surface area contributed by atoms with Crippen LogP contribution < -0.4 is 0 Å². The molecule has 0 aliphatic rings. The van der Waals surface area contributed by atoms with Gasteiger partial charge in [0, 0.05) is 49.4 Å². The summed E-state index contributed by atoms with van der Waals surface area (Å²) in [6.45, 7) is 8.40. The third kappa shape index (κ3) is 4.45. The molecule has 0 amide bonds. The number of aromatic nitrogens is 3. The summed E-state index contributed by atoms with van der Waals surface area (Å²) in [7, 11) is 0. The highest BCUT2D eigenvalue weighted by Gasteiger charge is 2.19. The van der Waals surface area contributed by atoms with Gasteiger partial charge in [-0.2, -0.15) is 5.26 Å². The molecule has 5 nitrogen and oxygen atoms in total. The van der Waals surface area contributed by atoms with Crippen LogP contribution in [0.5, 0.6) is 0 Å². The minimum absolute atomic E-state index is 0.569. The van der Waals surface area contributed by atoms with Gasteiger partial charge in [-0.3, -0.25) is 0 Å². The predicted molar refractivity (Wildman–Crippen MR) is 226 cm³/mol. The number of benzene rings is 8. The van der Waals surface area contributed by atoms with Crippen molar-refractivity contribution in [1.29, 1.82) is 5.26 Å². The van der Waals surface area contributed by atoms with E-state index in [1.165, 1.54) is 10.8 Å². The maximum atomic E-state index is 10.1. The summed E-state index contributed by atoms with van der Waals surface area (Å²) in [6, 6.07) is 63.5. The second-order valence-electron chi connectivity index (χ2n) is 14.0. The Kier molecular flexibility index (Phi) is 6.61. The van der Waals surface area contributed by atoms with E-state index < -0.39 is 0 Å². The average molecular weight is 700 g/mol. The highest BCUT2D eigenvalue weighted by atomic mass is 15.0. The Morgan fingerprint density at radius 1 is 0.418 bits per heavy atom. The van der Waals surface area contributed by atoms with Gasteiger partial charge in [0.05, 0.1) is 45.2 Å². The zero-order valence-electron chi connectivity index (χ0n) is 29.5. The first kappa shape index (κ1) is 30.7. The first-order valence-electron chi connectivity index (χ1n) is 18.3. The van der Waals surface area contributed by atoms with E-state index in [0.717, 1.165) is 82.8 Å². The average Bonchev–Trinajstić information content (AvgIpc) is 3.89. The lowest BCUT2D eigenvalue weighted by atomic mass is 10.0. The molecule has 0 fully saturated rings. The number of rotatable bonds is 4. The van der Waals surface area contributed by atoms with Crippen molar-refractivity contribution in [2.75, 3.05) is 0 Å². The minimum atomic E-state index is 0.569. The van der Waals surface area contributed by atoms with Crippen LogP contribution >= 0.6 is 0 Å². The van der Waals surface area contributed by atoms with E-state index >= 15 is 0 Å². The van der Waals surface area contributed by atoms with E-state index in [4.69, 9.17) is 6.57 Å². The summed E-state index contributed by atoms with van der Waals surface area (Å²) in [6.07, 6.45) is 0. The van der Waals surface area contributed by atoms with Crippen LogP contribution in [0.2, 0.25) is 0 Å². The summed E-state index contributed by atoms with van der Waals surface area (Å²) < 4.78 is 6.81. The standard InChI is InChI=1S/C50H29N5/c1-52-44-29-35(24-26-37(44)32-12-10-14-34(28-32)55-48-23-9-5-18-41(48)43-19-11-13-33(31-51)50(43)55)54-47-22-8-4-17-40(47)42-27-25-36(30-49(42)54)53-45-20-6-2-15-38(45)39-16-3-7-21-46(39)53/h2-30H. The molecule has 0 saturated carbocycles. The van der Waals surface area contributed by atoms with Crippen LogP contribution in [0.4, 0.5) is 5.69 Å². The Hall–Kier alpha value is -7.86. The molecule has 0 saturated heterocycles. The zero-order valence-corrected chi connectivity index (χ0v) is 29.5. The molecule has 55 heavy (non-hydrogen) atoms. The van der Waals surface area contributed by atoms with Gasteiger partial charge in [-0.05, 0) is 77.9 Å². The minimum Gasteiger partial charge on any atom is -0.310 e. The van der Waals surface area contributed by atoms with E-state index in [9.17, 15) is 5.26 Å². The molecule has 0 atom stereocenters. The van der Waals surface area contributed by atoms with E-state index in [2.05, 4.69) is 164 Å². The Balaban J connectivity index is 1.09. The number of hydrogen-bond acceptors (Lipinski definition) is 1. The molecule has 11 aromatic rings. The van der Waals surface area contributed by atoms with Crippen LogP contribution in [0.25, 0.3) is 98.5 Å². The van der Waals surface area contributed by atoms with E-state index in [-0.39, 0.29) is 0 Å². The number of fused-ring (bicyclic) bond motifs is 9. The van der Waals surface area contributed by atoms with Crippen LogP contribution in [0.15, 0.2) is 176 Å². The largest absolute Gasteiger partial charge is 0.310 e. The molecular weight excluding hydrogens is 671 g/mol. The van der Waals surface area contributed by atoms with Crippen molar-refractivity contribution >= 4 is 71.1 Å². The molecule has 3 aromatic heterocycles. The SMILES string of the molecule is [C-]#[N+]c1cc(-n2c3ccccc3c3ccc(-n4c5ccccc5c5ccccc54)cc32)ccc1-c1cccc(-n2c3ccccc3c3cccc(C#N)c32)c1. The smallest absolute Gasteiger partial charge is 0.196 e. The molecule has 0 bridgehead atoms. The lowest BCUT2D eigenvalue weighted by Crippen LogP contribution is -1.97. The summed E-state index contributed by atoms with van der Waals surface area (Å²) >= 11 is 0. The highest BCUT2D eigenvalue weighted by Crippen LogP contribution is 2.40. The van der Waals surface area contributed by atoms with Crippen molar-refractivity contribution in [1.82, 2.24) is 13.7 Å². The molecule has 3 heterocycles. The molecule has 5 heteroatoms. The van der Waals surface area contributed by atoms with Crippen LogP contribution in [0.3, 0.4) is 0 Å². The number of para-hydroxylation sites is 5. The quantitative estimate of drug-likeness (QED) is 0.169. The maximum absolute atomic E-state index is 10.1. The first-order chi connectivity index (χ1) is 27.2. The number of hydrogen-bond donors (Lipinski definition) is 0. The Bertz CT molecular complexity index is 3420. The topological polar surface area (TPSA) is 42.9 Å². The fourth-order valence-corrected chi connectivity index (χ4v) is 8.76. The summed E-state index contributed by atoms with van der Waals surface area (Å²) in [5.74, 6) is 0. The summed E-state index contributed by atoms with van der Waals surface area (Å²) in [4.78, 5) is 4.11. The van der Waals surface area contributed by atoms with Crippen molar-refractivity contribution in [2.45, 2.75) is 0 Å². The zero-order chi connectivity index (χ0) is 36.6. The third-order valence-electron chi connectivity index (χ3n) is 11.1. The Labute approximate surface area is 316 Å². The highest BCUT2D eigenvalue weighted by molar-refractivity contribution is 6.13. The van der Waals surface area contributed by atoms with Crippen molar-refractivity contribution in [3.05, 3.63) is 193 Å². The second kappa shape index (κ2) is 11.8. The van der Waals surface area contributed by atoms with Gasteiger partial charge in [-0.25, -0.2) is 4.85 Å². The fraction of sp³-hybridized carbons (Fsp3) is 0. The summed E-state index contributed by atoms with van der Waals surface area (Å²) in [5.41, 5.74) is 12.3. The van der Waals surface area contributed by atoms with Gasteiger partial charge in [0.1, 0.15) is 6.07 Å². The van der Waals surface area contributed by atoms with E-state index in [1.807, 2.05) is 36.4 Å². The summed E-state index contributed by atoms with van der Waals surface area (Å²) in [5, 5.41) is 17.0. The number of nitrogens with zero attached hydrogens (tertiary/aromatic N) is 5. The van der Waals surface area contributed by atoms with Gasteiger partial charge in [0.2, 0.25) is 0 Å². The molecule has 0 N–H and O–H groups in total. The van der Waals surface area contributed by atoms with Gasteiger partial charge < -0.3 is 13.7 Å². The van der Waals surface area contributed by atoms with Crippen LogP contribution in [-0.4, -0.2) is 13.7 Å². The van der Waals surface area contributed by atoms with Crippen molar-refractivity contribution in [2.24, 2.45) is 0 Å². The van der Waals surface area contributed by atoms with Crippen LogP contribution in [0.1, 0.15) is 5.56 Å². The van der Waals surface area contributed by atoms with Gasteiger partial charge in [-0.15, -0.1) is 0 Å². The van der Waals surface area contributed by atoms with Crippen LogP contribution in [0, 0.1) is 17.9 Å². The van der Waals surface area contributed by atoms with Gasteiger partial charge in [0.25, 0.3) is 0 Å². The Morgan fingerprint density at radius 3 is 1.55 bits per heavy atom. The van der Waals surface area contributed by atoms with Crippen molar-refractivity contribution in [3.8, 4) is 34.3 Å². The monoisotopic (exact) mass is 699 g/mol. The third-order valence-corrected chi connectivity index (χ3v) is 11.1. The molecule has 0 aliphatic carbocycles. The van der Waals surface area contributed by atoms with Crippen molar-refractivity contribution in [3.63, 3.8) is 0 Å². The molecular formula is C50H29N5. The lowest BCUT2D eigenvalue weighted by Gasteiger charge is -2.14. The predicted octanol–water partition coefficient (Wildman–Crippen LogP) is 13.1. The molecule has 8 aromatic carbocycles. The molecule has 254 valence electrons. The lowest BCUT2D eigenvalue weighted by molar-refractivity contribution is 1.16. The Morgan fingerprint density at radius 2 is 0.909 bits per heavy atom. The molecule has 0 aliphatic heterocycles. The first-order valence-corrected chi connectivity index (χ1v) is 18.3. The number of nitriles is 1. The van der Waals surface area contributed by atoms with Gasteiger partial charge in [0.15, 0.2) is 5.69 Å². The molecule has 0 spiro atoms. The molecule has 0 radical (unpaired) electrons.